The van der Waals surface area contributed by atoms with Gasteiger partial charge in [0.1, 0.15) is 0 Å². The van der Waals surface area contributed by atoms with Gasteiger partial charge in [0.15, 0.2) is 11.9 Å². The van der Waals surface area contributed by atoms with E-state index < -0.39 is 24.1 Å². The number of ether oxygens (including phenoxy) is 1. The van der Waals surface area contributed by atoms with Crippen molar-refractivity contribution in [3.8, 4) is 0 Å². The number of allylic oxidation sites excluding steroid dienone is 1. The Bertz CT molecular complexity index is 519. The van der Waals surface area contributed by atoms with Gasteiger partial charge in [-0.25, -0.2) is 4.79 Å². The predicted molar refractivity (Wildman–Crippen MR) is 80.9 cm³/mol. The molecule has 1 aromatic rings. The molecule has 0 aliphatic heterocycles. The summed E-state index contributed by atoms with van der Waals surface area (Å²) in [5.41, 5.74) is 1.12. The van der Waals surface area contributed by atoms with E-state index in [1.807, 2.05) is 0 Å². The minimum absolute atomic E-state index is 0.298. The van der Waals surface area contributed by atoms with Crippen LogP contribution in [0.25, 0.3) is 0 Å². The monoisotopic (exact) mass is 290 g/mol. The van der Waals surface area contributed by atoms with Gasteiger partial charge in [0.25, 0.3) is 0 Å². The van der Waals surface area contributed by atoms with Crippen LogP contribution in [-0.2, 0) is 9.53 Å². The number of hydrogen-bond acceptors (Lipinski definition) is 4. The van der Waals surface area contributed by atoms with Crippen LogP contribution in [0.15, 0.2) is 42.0 Å². The fourth-order valence-corrected chi connectivity index (χ4v) is 1.95. The lowest BCUT2D eigenvalue weighted by molar-refractivity contribution is -0.133. The molecule has 1 rings (SSSR count). The molecule has 0 fully saturated rings. The largest absolute Gasteiger partial charge is 0.451 e. The van der Waals surface area contributed by atoms with Crippen molar-refractivity contribution in [2.45, 2.75) is 39.9 Å². The Labute approximate surface area is 125 Å². The van der Waals surface area contributed by atoms with Crippen LogP contribution in [0.4, 0.5) is 0 Å². The standard InChI is InChI=1S/C17H22O4/c1-5-11(2)15(18)12(3)16(19)13(4)21-17(20)14-9-7-6-8-10-14/h5-10,12-13,15,18H,1-4H3/b11-5+/t12-,13+,15-/m1/s1. The molecule has 21 heavy (non-hydrogen) atoms. The molecule has 0 spiro atoms. The minimum Gasteiger partial charge on any atom is -0.451 e. The maximum Gasteiger partial charge on any atom is 0.338 e. The molecule has 0 aliphatic carbocycles. The Kier molecular flexibility index (Phi) is 6.31. The Balaban J connectivity index is 2.69. The summed E-state index contributed by atoms with van der Waals surface area (Å²) in [5, 5.41) is 10.0. The quantitative estimate of drug-likeness (QED) is 0.646. The fraction of sp³-hybridized carbons (Fsp3) is 0.412. The third kappa shape index (κ3) is 4.53. The number of aliphatic hydroxyl groups is 1. The Morgan fingerprint density at radius 1 is 1.19 bits per heavy atom. The summed E-state index contributed by atoms with van der Waals surface area (Å²) < 4.78 is 5.16. The number of carbonyl (C=O) groups is 2. The van der Waals surface area contributed by atoms with Crippen molar-refractivity contribution in [2.75, 3.05) is 0 Å². The van der Waals surface area contributed by atoms with Crippen LogP contribution < -0.4 is 0 Å². The molecule has 0 bridgehead atoms. The third-order valence-electron chi connectivity index (χ3n) is 3.54. The molecule has 0 radical (unpaired) electrons. The lowest BCUT2D eigenvalue weighted by Gasteiger charge is -2.22. The first kappa shape index (κ1) is 17.1. The summed E-state index contributed by atoms with van der Waals surface area (Å²) in [4.78, 5) is 24.1. The minimum atomic E-state index is -0.896. The highest BCUT2D eigenvalue weighted by Gasteiger charge is 2.29. The summed E-state index contributed by atoms with van der Waals surface area (Å²) >= 11 is 0. The average molecular weight is 290 g/mol. The molecule has 4 nitrogen and oxygen atoms in total. The van der Waals surface area contributed by atoms with Crippen LogP contribution in [0.1, 0.15) is 38.1 Å². The maximum atomic E-state index is 12.2. The number of hydrogen-bond donors (Lipinski definition) is 1. The fourth-order valence-electron chi connectivity index (χ4n) is 1.95. The zero-order valence-corrected chi connectivity index (χ0v) is 12.9. The highest BCUT2D eigenvalue weighted by Crippen LogP contribution is 2.16. The molecule has 1 N–H and O–H groups in total. The van der Waals surface area contributed by atoms with Crippen molar-refractivity contribution in [1.29, 1.82) is 0 Å². The normalized spacial score (nSPS) is 16.0. The van der Waals surface area contributed by atoms with Crippen molar-refractivity contribution in [1.82, 2.24) is 0 Å². The molecular weight excluding hydrogens is 268 g/mol. The smallest absolute Gasteiger partial charge is 0.338 e. The number of Topliss-reactive ketones (excluding diaryl/α,β-unsaturated/α-hetero) is 1. The van der Waals surface area contributed by atoms with Crippen LogP contribution in [0.5, 0.6) is 0 Å². The highest BCUT2D eigenvalue weighted by molar-refractivity contribution is 5.93. The summed E-state index contributed by atoms with van der Waals surface area (Å²) in [6.45, 7) is 6.72. The summed E-state index contributed by atoms with van der Waals surface area (Å²) in [5.74, 6) is -1.46. The predicted octanol–water partition coefficient (Wildman–Crippen LogP) is 2.76. The van der Waals surface area contributed by atoms with Gasteiger partial charge in [-0.2, -0.15) is 0 Å². The molecule has 4 heteroatoms. The third-order valence-corrected chi connectivity index (χ3v) is 3.54. The summed E-state index contributed by atoms with van der Waals surface area (Å²) in [6, 6.07) is 8.50. The van der Waals surface area contributed by atoms with Crippen LogP contribution >= 0.6 is 0 Å². The number of carbonyl (C=O) groups excluding carboxylic acids is 2. The summed E-state index contributed by atoms with van der Waals surface area (Å²) in [6.07, 6.45) is 0.00197. The van der Waals surface area contributed by atoms with Crippen LogP contribution in [0.2, 0.25) is 0 Å². The van der Waals surface area contributed by atoms with Gasteiger partial charge < -0.3 is 9.84 Å². The Hall–Kier alpha value is -1.94. The second-order valence-corrected chi connectivity index (χ2v) is 5.08. The van der Waals surface area contributed by atoms with E-state index in [0.717, 1.165) is 5.57 Å². The molecule has 0 aliphatic rings. The van der Waals surface area contributed by atoms with E-state index in [1.165, 1.54) is 6.92 Å². The van der Waals surface area contributed by atoms with Gasteiger partial charge in [0.05, 0.1) is 11.7 Å². The topological polar surface area (TPSA) is 63.6 Å². The number of benzene rings is 1. The molecule has 0 unspecified atom stereocenters. The van der Waals surface area contributed by atoms with Crippen LogP contribution in [0.3, 0.4) is 0 Å². The summed E-state index contributed by atoms with van der Waals surface area (Å²) in [7, 11) is 0. The average Bonchev–Trinajstić information content (AvgIpc) is 2.52. The second-order valence-electron chi connectivity index (χ2n) is 5.08. The van der Waals surface area contributed by atoms with E-state index in [2.05, 4.69) is 0 Å². The van der Waals surface area contributed by atoms with Gasteiger partial charge in [-0.3, -0.25) is 4.79 Å². The molecule has 0 aromatic heterocycles. The van der Waals surface area contributed by atoms with Gasteiger partial charge in [0, 0.05) is 5.92 Å². The number of esters is 1. The number of ketones is 1. The van der Waals surface area contributed by atoms with E-state index >= 15 is 0 Å². The van der Waals surface area contributed by atoms with E-state index in [4.69, 9.17) is 4.74 Å². The zero-order chi connectivity index (χ0) is 16.0. The van der Waals surface area contributed by atoms with Gasteiger partial charge in [0.2, 0.25) is 0 Å². The van der Waals surface area contributed by atoms with Crippen LogP contribution in [-0.4, -0.2) is 29.1 Å². The molecule has 0 saturated heterocycles. The van der Waals surface area contributed by atoms with Crippen LogP contribution in [0, 0.1) is 5.92 Å². The Morgan fingerprint density at radius 3 is 2.29 bits per heavy atom. The molecule has 1 aromatic carbocycles. The van der Waals surface area contributed by atoms with E-state index in [1.54, 1.807) is 57.2 Å². The SMILES string of the molecule is C/C=C(\C)[C@@H](O)[C@@H](C)C(=O)[C@H](C)OC(=O)c1ccccc1. The van der Waals surface area contributed by atoms with E-state index in [-0.39, 0.29) is 5.78 Å². The molecule has 0 heterocycles. The molecular formula is C17H22O4. The van der Waals surface area contributed by atoms with Crippen molar-refractivity contribution >= 4 is 11.8 Å². The van der Waals surface area contributed by atoms with E-state index in [0.29, 0.717) is 5.56 Å². The van der Waals surface area contributed by atoms with Gasteiger partial charge >= 0.3 is 5.97 Å². The first-order valence-corrected chi connectivity index (χ1v) is 6.99. The highest BCUT2D eigenvalue weighted by atomic mass is 16.5. The maximum absolute atomic E-state index is 12.2. The van der Waals surface area contributed by atoms with Crippen molar-refractivity contribution in [3.05, 3.63) is 47.5 Å². The van der Waals surface area contributed by atoms with Gasteiger partial charge in [-0.1, -0.05) is 31.2 Å². The first-order chi connectivity index (χ1) is 9.88. The lowest BCUT2D eigenvalue weighted by atomic mass is 9.92. The molecule has 3 atom stereocenters. The number of rotatable bonds is 6. The first-order valence-electron chi connectivity index (χ1n) is 6.99. The zero-order valence-electron chi connectivity index (χ0n) is 12.9. The Morgan fingerprint density at radius 2 is 1.76 bits per heavy atom. The second kappa shape index (κ2) is 7.74. The molecule has 0 saturated carbocycles. The lowest BCUT2D eigenvalue weighted by Crippen LogP contribution is -2.35. The number of aliphatic hydroxyl groups excluding tert-OH is 1. The van der Waals surface area contributed by atoms with Gasteiger partial charge in [-0.05, 0) is 38.5 Å². The molecule has 0 amide bonds. The molecule has 114 valence electrons. The van der Waals surface area contributed by atoms with Crippen molar-refractivity contribution in [3.63, 3.8) is 0 Å². The van der Waals surface area contributed by atoms with Crippen molar-refractivity contribution < 1.29 is 19.4 Å². The van der Waals surface area contributed by atoms with Crippen molar-refractivity contribution in [2.24, 2.45) is 5.92 Å². The van der Waals surface area contributed by atoms with E-state index in [9.17, 15) is 14.7 Å². The van der Waals surface area contributed by atoms with Gasteiger partial charge in [-0.15, -0.1) is 0 Å².